The van der Waals surface area contributed by atoms with Crippen molar-refractivity contribution in [2.75, 3.05) is 18.7 Å². The van der Waals surface area contributed by atoms with Gasteiger partial charge < -0.3 is 27.8 Å². The molecule has 4 atom stereocenters. The Morgan fingerprint density at radius 1 is 1.04 bits per heavy atom. The summed E-state index contributed by atoms with van der Waals surface area (Å²) >= 11 is 0. The van der Waals surface area contributed by atoms with Crippen molar-refractivity contribution in [3.8, 4) is 0 Å². The highest BCUT2D eigenvalue weighted by atomic mass is 28.5. The van der Waals surface area contributed by atoms with Gasteiger partial charge in [0.05, 0.1) is 12.9 Å². The Morgan fingerprint density at radius 3 is 2.35 bits per heavy atom. The maximum atomic E-state index is 12.9. The van der Waals surface area contributed by atoms with E-state index in [0.29, 0.717) is 16.7 Å². The van der Waals surface area contributed by atoms with Crippen molar-refractivity contribution >= 4 is 40.0 Å². The van der Waals surface area contributed by atoms with Gasteiger partial charge in [0.2, 0.25) is 0 Å². The van der Waals surface area contributed by atoms with Crippen LogP contribution in [0.3, 0.4) is 0 Å². The first-order valence-electron chi connectivity index (χ1n) is 15.8. The summed E-state index contributed by atoms with van der Waals surface area (Å²) in [5.41, 5.74) is 10.9. The number of azide groups is 1. The smallest absolute Gasteiger partial charge is 0.335 e. The van der Waals surface area contributed by atoms with Crippen molar-refractivity contribution in [2.45, 2.75) is 102 Å². The SMILES string of the molecule is CC(C)[Si]1(C(C)C)OC[C@H]2O[C@@H](n3cnc4c(NC(=O)c5ccccc5)ncnc43)[C@H](OCN=[N+]=[N-])[C@@H]2O[Si](C(C)C)(C(C)C)O1. The lowest BCUT2D eigenvalue weighted by molar-refractivity contribution is -0.0680. The number of nitrogens with one attached hydrogen (secondary N) is 1. The number of anilines is 1. The van der Waals surface area contributed by atoms with E-state index in [-0.39, 0.29) is 47.2 Å². The second-order valence-electron chi connectivity index (χ2n) is 13.0. The summed E-state index contributed by atoms with van der Waals surface area (Å²) in [6.07, 6.45) is 0.327. The molecule has 5 rings (SSSR count). The van der Waals surface area contributed by atoms with E-state index in [0.717, 1.165) is 0 Å². The van der Waals surface area contributed by atoms with Crippen molar-refractivity contribution in [3.63, 3.8) is 0 Å². The van der Waals surface area contributed by atoms with E-state index in [4.69, 9.17) is 28.0 Å². The fraction of sp³-hybridized carbons (Fsp3) is 0.600. The van der Waals surface area contributed by atoms with Gasteiger partial charge in [-0.15, -0.1) is 0 Å². The molecule has 2 fully saturated rings. The van der Waals surface area contributed by atoms with E-state index >= 15 is 0 Å². The Morgan fingerprint density at radius 2 is 1.72 bits per heavy atom. The number of rotatable bonds is 10. The summed E-state index contributed by atoms with van der Waals surface area (Å²) in [5.74, 6) is -0.0598. The number of amides is 1. The molecular weight excluding hydrogens is 625 g/mol. The topological polar surface area (TPSA) is 168 Å². The molecule has 4 heterocycles. The van der Waals surface area contributed by atoms with Gasteiger partial charge >= 0.3 is 17.1 Å². The van der Waals surface area contributed by atoms with Gasteiger partial charge in [-0.3, -0.25) is 9.36 Å². The third-order valence-electron chi connectivity index (χ3n) is 8.91. The second kappa shape index (κ2) is 13.9. The van der Waals surface area contributed by atoms with Crippen LogP contribution in [0.25, 0.3) is 21.6 Å². The summed E-state index contributed by atoms with van der Waals surface area (Å²) in [6, 6.07) is 8.86. The van der Waals surface area contributed by atoms with Gasteiger partial charge in [0.1, 0.15) is 31.4 Å². The average Bonchev–Trinajstić information content (AvgIpc) is 3.58. The van der Waals surface area contributed by atoms with Crippen LogP contribution in [0.5, 0.6) is 0 Å². The van der Waals surface area contributed by atoms with E-state index in [1.54, 1.807) is 35.2 Å². The fourth-order valence-corrected chi connectivity index (χ4v) is 17.8. The zero-order valence-corrected chi connectivity index (χ0v) is 29.7. The van der Waals surface area contributed by atoms with Crippen LogP contribution in [0.2, 0.25) is 22.2 Å². The molecule has 0 radical (unpaired) electrons. The van der Waals surface area contributed by atoms with Gasteiger partial charge in [0.15, 0.2) is 23.2 Å². The van der Waals surface area contributed by atoms with Crippen LogP contribution >= 0.6 is 0 Å². The first kappa shape index (κ1) is 34.1. The summed E-state index contributed by atoms with van der Waals surface area (Å²) < 4.78 is 36.2. The fourth-order valence-electron chi connectivity index (χ4n) is 6.57. The summed E-state index contributed by atoms with van der Waals surface area (Å²) in [6.45, 7) is 17.3. The van der Waals surface area contributed by atoms with Gasteiger partial charge in [-0.2, -0.15) is 0 Å². The Bertz CT molecular complexity index is 1550. The van der Waals surface area contributed by atoms with Crippen LogP contribution in [0, 0.1) is 0 Å². The van der Waals surface area contributed by atoms with Crippen LogP contribution in [0.1, 0.15) is 72.0 Å². The lowest BCUT2D eigenvalue weighted by Gasteiger charge is -2.51. The van der Waals surface area contributed by atoms with Crippen molar-refractivity contribution in [1.29, 1.82) is 0 Å². The molecule has 0 bridgehead atoms. The van der Waals surface area contributed by atoms with Gasteiger partial charge in [-0.1, -0.05) is 78.7 Å². The molecule has 2 aromatic heterocycles. The highest BCUT2D eigenvalue weighted by Crippen LogP contribution is 2.49. The first-order valence-corrected chi connectivity index (χ1v) is 19.7. The summed E-state index contributed by atoms with van der Waals surface area (Å²) in [5, 5.41) is 6.50. The summed E-state index contributed by atoms with van der Waals surface area (Å²) in [7, 11) is -5.82. The molecule has 0 aliphatic carbocycles. The molecule has 2 aliphatic heterocycles. The molecule has 3 aromatic rings. The third-order valence-corrected chi connectivity index (χ3v) is 19.2. The van der Waals surface area contributed by atoms with Gasteiger partial charge in [0, 0.05) is 10.5 Å². The van der Waals surface area contributed by atoms with Crippen molar-refractivity contribution in [1.82, 2.24) is 19.5 Å². The second-order valence-corrected chi connectivity index (χ2v) is 21.8. The van der Waals surface area contributed by atoms with E-state index in [9.17, 15) is 4.79 Å². The molecule has 0 spiro atoms. The number of imidazole rings is 1. The van der Waals surface area contributed by atoms with Crippen LogP contribution in [0.15, 0.2) is 48.1 Å². The maximum Gasteiger partial charge on any atom is 0.335 e. The minimum absolute atomic E-state index is 0.0913. The van der Waals surface area contributed by atoms with E-state index in [1.807, 2.05) is 6.07 Å². The molecule has 248 valence electrons. The largest absolute Gasteiger partial charge is 0.414 e. The molecule has 1 N–H and O–H groups in total. The van der Waals surface area contributed by atoms with Gasteiger partial charge in [-0.25, -0.2) is 15.0 Å². The number of hydrogen-bond acceptors (Lipinski definition) is 10. The van der Waals surface area contributed by atoms with Crippen molar-refractivity contribution < 1.29 is 27.2 Å². The molecule has 1 amide bonds. The van der Waals surface area contributed by atoms with Crippen molar-refractivity contribution in [2.24, 2.45) is 5.11 Å². The molecule has 0 saturated carbocycles. The zero-order valence-electron chi connectivity index (χ0n) is 27.7. The highest BCUT2D eigenvalue weighted by molar-refractivity contribution is 6.84. The van der Waals surface area contributed by atoms with Crippen molar-refractivity contribution in [3.05, 3.63) is 59.0 Å². The monoisotopic (exact) mass is 668 g/mol. The Labute approximate surface area is 271 Å². The number of carbonyl (C=O) groups is 1. The summed E-state index contributed by atoms with van der Waals surface area (Å²) in [4.78, 5) is 29.2. The van der Waals surface area contributed by atoms with Crippen LogP contribution in [-0.2, 0) is 22.4 Å². The zero-order chi connectivity index (χ0) is 33.2. The highest BCUT2D eigenvalue weighted by Gasteiger charge is 2.62. The van der Waals surface area contributed by atoms with Crippen LogP contribution < -0.4 is 5.32 Å². The molecule has 0 unspecified atom stereocenters. The van der Waals surface area contributed by atoms with Crippen LogP contribution in [0.4, 0.5) is 5.82 Å². The molecule has 2 saturated heterocycles. The van der Waals surface area contributed by atoms with E-state index in [1.165, 1.54) is 6.33 Å². The predicted octanol–water partition coefficient (Wildman–Crippen LogP) is 6.59. The normalized spacial score (nSPS) is 24.2. The maximum absolute atomic E-state index is 12.9. The number of hydrogen-bond donors (Lipinski definition) is 1. The standard InChI is InChI=1S/C30H44N8O6Si2/c1-18(2)45(19(3)4)41-14-23-25(43-46(44-45,20(5)6)21(7)8)26(40-17-35-37-31)30(42-23)38-16-34-24-27(32-15-33-28(24)38)36-29(39)22-12-10-9-11-13-22/h9-13,15-16,18-21,23,25-26,30H,14,17H2,1-8H3,(H,32,33,36,39)/t23-,25-,26-,30-/m1/s1. The lowest BCUT2D eigenvalue weighted by Crippen LogP contribution is -2.66. The van der Waals surface area contributed by atoms with Gasteiger partial charge in [-0.05, 0) is 39.8 Å². The van der Waals surface area contributed by atoms with Gasteiger partial charge in [0.25, 0.3) is 5.91 Å². The van der Waals surface area contributed by atoms with Crippen LogP contribution in [-0.4, -0.2) is 74.2 Å². The Hall–Kier alpha value is -3.22. The quantitative estimate of drug-likeness (QED) is 0.108. The number of ether oxygens (including phenoxy) is 2. The van der Waals surface area contributed by atoms with E-state index < -0.39 is 41.7 Å². The Balaban J connectivity index is 1.56. The number of carbonyl (C=O) groups excluding carboxylic acids is 1. The number of aromatic nitrogens is 4. The third kappa shape index (κ3) is 6.23. The average molecular weight is 669 g/mol. The minimum Gasteiger partial charge on any atom is -0.414 e. The molecule has 1 aromatic carbocycles. The minimum atomic E-state index is -3.01. The Kier molecular flexibility index (Phi) is 10.3. The molecule has 46 heavy (non-hydrogen) atoms. The van der Waals surface area contributed by atoms with E-state index in [2.05, 4.69) is 85.7 Å². The molecular formula is C30H44N8O6Si2. The predicted molar refractivity (Wildman–Crippen MR) is 176 cm³/mol. The lowest BCUT2D eigenvalue weighted by atomic mass is 10.1. The molecule has 2 aliphatic rings. The number of fused-ring (bicyclic) bond motifs is 2. The number of nitrogens with zero attached hydrogens (tertiary/aromatic N) is 7. The molecule has 14 nitrogen and oxygen atoms in total. The first-order chi connectivity index (χ1) is 21.9. The number of benzene rings is 1. The molecule has 16 heteroatoms.